The first-order valence-electron chi connectivity index (χ1n) is 8.48. The highest BCUT2D eigenvalue weighted by molar-refractivity contribution is 5.38. The van der Waals surface area contributed by atoms with Crippen molar-refractivity contribution in [1.82, 2.24) is 9.97 Å². The number of nitrogens with one attached hydrogen (secondary N) is 1. The van der Waals surface area contributed by atoms with Crippen LogP contribution in [-0.4, -0.2) is 23.6 Å². The summed E-state index contributed by atoms with van der Waals surface area (Å²) in [6.07, 6.45) is 9.67. The van der Waals surface area contributed by atoms with Crippen LogP contribution in [0.4, 0.5) is 5.82 Å². The second kappa shape index (κ2) is 6.30. The Kier molecular flexibility index (Phi) is 4.43. The van der Waals surface area contributed by atoms with Crippen molar-refractivity contribution in [2.75, 3.05) is 19.0 Å². The van der Waals surface area contributed by atoms with Crippen LogP contribution in [0.25, 0.3) is 0 Å². The molecule has 0 saturated heterocycles. The first-order valence-corrected chi connectivity index (χ1v) is 8.48. The molecule has 0 bridgehead atoms. The average molecular weight is 289 g/mol. The molecule has 1 aromatic heterocycles. The molecule has 4 nitrogen and oxygen atoms in total. The molecule has 0 atom stereocenters. The average Bonchev–Trinajstić information content (AvgIpc) is 3.35. The van der Waals surface area contributed by atoms with E-state index in [1.54, 1.807) is 0 Å². The Morgan fingerprint density at radius 1 is 1.19 bits per heavy atom. The molecule has 2 fully saturated rings. The molecule has 3 rings (SSSR count). The number of anilines is 1. The van der Waals surface area contributed by atoms with Gasteiger partial charge in [0.05, 0.1) is 0 Å². The van der Waals surface area contributed by atoms with Crippen molar-refractivity contribution in [2.45, 2.75) is 69.8 Å². The smallest absolute Gasteiger partial charge is 0.162 e. The summed E-state index contributed by atoms with van der Waals surface area (Å²) in [5, 5.41) is 3.20. The molecule has 2 aliphatic rings. The van der Waals surface area contributed by atoms with E-state index in [0.29, 0.717) is 5.92 Å². The lowest BCUT2D eigenvalue weighted by Gasteiger charge is -2.31. The molecule has 0 amide bonds. The second-order valence-electron chi connectivity index (χ2n) is 6.37. The van der Waals surface area contributed by atoms with E-state index in [1.165, 1.54) is 44.2 Å². The van der Waals surface area contributed by atoms with E-state index < -0.39 is 0 Å². The minimum Gasteiger partial charge on any atom is -0.373 e. The van der Waals surface area contributed by atoms with Gasteiger partial charge in [0.25, 0.3) is 0 Å². The Morgan fingerprint density at radius 2 is 1.90 bits per heavy atom. The Labute approximate surface area is 127 Å². The van der Waals surface area contributed by atoms with Gasteiger partial charge < -0.3 is 10.1 Å². The summed E-state index contributed by atoms with van der Waals surface area (Å²) < 4.78 is 6.24. The van der Waals surface area contributed by atoms with E-state index in [0.717, 1.165) is 31.1 Å². The zero-order valence-electron chi connectivity index (χ0n) is 13.3. The summed E-state index contributed by atoms with van der Waals surface area (Å²) in [5.41, 5.74) is 0.939. The highest BCUT2D eigenvalue weighted by Crippen LogP contribution is 2.42. The largest absolute Gasteiger partial charge is 0.373 e. The first-order chi connectivity index (χ1) is 10.3. The molecule has 0 aromatic carbocycles. The van der Waals surface area contributed by atoms with Gasteiger partial charge in [-0.3, -0.25) is 0 Å². The Hall–Kier alpha value is -1.16. The summed E-state index contributed by atoms with van der Waals surface area (Å²) in [7, 11) is 1.93. The van der Waals surface area contributed by atoms with Crippen LogP contribution in [0.3, 0.4) is 0 Å². The maximum Gasteiger partial charge on any atom is 0.162 e. The van der Waals surface area contributed by atoms with Crippen LogP contribution < -0.4 is 5.32 Å². The van der Waals surface area contributed by atoms with Gasteiger partial charge in [-0.1, -0.05) is 25.7 Å². The zero-order valence-corrected chi connectivity index (χ0v) is 13.3. The van der Waals surface area contributed by atoms with E-state index >= 15 is 0 Å². The molecule has 1 aromatic rings. The lowest BCUT2D eigenvalue weighted by molar-refractivity contribution is -0.0624. The van der Waals surface area contributed by atoms with Crippen molar-refractivity contribution < 1.29 is 4.74 Å². The molecule has 2 saturated carbocycles. The fourth-order valence-corrected chi connectivity index (χ4v) is 3.39. The molecule has 2 aliphatic carbocycles. The van der Waals surface area contributed by atoms with E-state index in [-0.39, 0.29) is 5.60 Å². The van der Waals surface area contributed by atoms with E-state index in [1.807, 2.05) is 7.05 Å². The summed E-state index contributed by atoms with van der Waals surface area (Å²) in [6, 6.07) is 2.11. The summed E-state index contributed by atoms with van der Waals surface area (Å²) >= 11 is 0. The van der Waals surface area contributed by atoms with Crippen molar-refractivity contribution >= 4 is 5.82 Å². The molecule has 0 spiro atoms. The van der Waals surface area contributed by atoms with Gasteiger partial charge in [0.2, 0.25) is 0 Å². The van der Waals surface area contributed by atoms with Gasteiger partial charge in [-0.2, -0.15) is 0 Å². The van der Waals surface area contributed by atoms with Gasteiger partial charge in [-0.05, 0) is 32.6 Å². The van der Waals surface area contributed by atoms with E-state index in [9.17, 15) is 0 Å². The van der Waals surface area contributed by atoms with Gasteiger partial charge in [0, 0.05) is 31.3 Å². The minimum atomic E-state index is -0.262. The van der Waals surface area contributed by atoms with Crippen LogP contribution in [0.15, 0.2) is 6.07 Å². The Balaban J connectivity index is 1.98. The van der Waals surface area contributed by atoms with Gasteiger partial charge in [0.1, 0.15) is 11.4 Å². The normalized spacial score (nSPS) is 21.8. The maximum absolute atomic E-state index is 6.24. The van der Waals surface area contributed by atoms with Crippen molar-refractivity contribution in [3.63, 3.8) is 0 Å². The third-order valence-electron chi connectivity index (χ3n) is 4.74. The molecular weight excluding hydrogens is 262 g/mol. The second-order valence-corrected chi connectivity index (χ2v) is 6.37. The standard InChI is InChI=1S/C17H27N3O/c1-3-21-17(10-6-4-5-7-11-17)16-19-14(13-8-9-13)12-15(18-2)20-16/h12-13H,3-11H2,1-2H3,(H,18,19,20). The molecular formula is C17H27N3O. The van der Waals surface area contributed by atoms with E-state index in [4.69, 9.17) is 14.7 Å². The third-order valence-corrected chi connectivity index (χ3v) is 4.74. The number of hydrogen-bond donors (Lipinski definition) is 1. The van der Waals surface area contributed by atoms with E-state index in [2.05, 4.69) is 18.3 Å². The highest BCUT2D eigenvalue weighted by atomic mass is 16.5. The van der Waals surface area contributed by atoms with Crippen molar-refractivity contribution in [1.29, 1.82) is 0 Å². The van der Waals surface area contributed by atoms with Crippen LogP contribution in [-0.2, 0) is 10.3 Å². The molecule has 21 heavy (non-hydrogen) atoms. The lowest BCUT2D eigenvalue weighted by Crippen LogP contribution is -2.32. The SMILES string of the molecule is CCOC1(c2nc(NC)cc(C3CC3)n2)CCCCCC1. The molecule has 0 unspecified atom stereocenters. The van der Waals surface area contributed by atoms with Crippen LogP contribution in [0.5, 0.6) is 0 Å². The van der Waals surface area contributed by atoms with Crippen LogP contribution >= 0.6 is 0 Å². The third kappa shape index (κ3) is 3.20. The summed E-state index contributed by atoms with van der Waals surface area (Å²) in [5.74, 6) is 2.49. The number of rotatable bonds is 5. The highest BCUT2D eigenvalue weighted by Gasteiger charge is 2.38. The monoisotopic (exact) mass is 289 g/mol. The zero-order chi connectivity index (χ0) is 14.7. The molecule has 0 aliphatic heterocycles. The molecule has 0 radical (unpaired) electrons. The fourth-order valence-electron chi connectivity index (χ4n) is 3.39. The fraction of sp³-hybridized carbons (Fsp3) is 0.765. The molecule has 116 valence electrons. The number of hydrogen-bond acceptors (Lipinski definition) is 4. The van der Waals surface area contributed by atoms with Crippen molar-refractivity contribution in [3.05, 3.63) is 17.6 Å². The Bertz CT molecular complexity index is 477. The predicted molar refractivity (Wildman–Crippen MR) is 84.6 cm³/mol. The van der Waals surface area contributed by atoms with Gasteiger partial charge in [-0.15, -0.1) is 0 Å². The molecule has 4 heteroatoms. The predicted octanol–water partition coefficient (Wildman–Crippen LogP) is 3.98. The van der Waals surface area contributed by atoms with Gasteiger partial charge in [0.15, 0.2) is 5.82 Å². The van der Waals surface area contributed by atoms with Crippen molar-refractivity contribution in [2.24, 2.45) is 0 Å². The quantitative estimate of drug-likeness (QED) is 0.833. The Morgan fingerprint density at radius 3 is 2.48 bits per heavy atom. The molecule has 1 heterocycles. The van der Waals surface area contributed by atoms with Gasteiger partial charge in [-0.25, -0.2) is 9.97 Å². The van der Waals surface area contributed by atoms with Gasteiger partial charge >= 0.3 is 0 Å². The number of nitrogens with zero attached hydrogens (tertiary/aromatic N) is 2. The number of ether oxygens (including phenoxy) is 1. The lowest BCUT2D eigenvalue weighted by atomic mass is 9.92. The van der Waals surface area contributed by atoms with Crippen molar-refractivity contribution in [3.8, 4) is 0 Å². The van der Waals surface area contributed by atoms with Crippen LogP contribution in [0, 0.1) is 0 Å². The maximum atomic E-state index is 6.24. The van der Waals surface area contributed by atoms with Crippen LogP contribution in [0.1, 0.15) is 75.7 Å². The first kappa shape index (κ1) is 14.8. The summed E-state index contributed by atoms with van der Waals surface area (Å²) in [4.78, 5) is 9.69. The molecule has 1 N–H and O–H groups in total. The van der Waals surface area contributed by atoms with Crippen LogP contribution in [0.2, 0.25) is 0 Å². The summed E-state index contributed by atoms with van der Waals surface area (Å²) in [6.45, 7) is 2.81. The number of aromatic nitrogens is 2. The topological polar surface area (TPSA) is 47.0 Å². The minimum absolute atomic E-state index is 0.262.